The lowest BCUT2D eigenvalue weighted by molar-refractivity contribution is -0.149. The van der Waals surface area contributed by atoms with Crippen LogP contribution in [0.1, 0.15) is 25.5 Å². The van der Waals surface area contributed by atoms with Gasteiger partial charge in [-0.3, -0.25) is 9.69 Å². The zero-order valence-corrected chi connectivity index (χ0v) is 18.3. The van der Waals surface area contributed by atoms with Crippen LogP contribution in [0.15, 0.2) is 36.5 Å². The van der Waals surface area contributed by atoms with Gasteiger partial charge in [0.25, 0.3) is 0 Å². The van der Waals surface area contributed by atoms with Crippen LogP contribution in [0.2, 0.25) is 10.0 Å². The van der Waals surface area contributed by atoms with Gasteiger partial charge >= 0.3 is 5.97 Å². The van der Waals surface area contributed by atoms with Gasteiger partial charge in [0.15, 0.2) is 0 Å². The summed E-state index contributed by atoms with van der Waals surface area (Å²) in [4.78, 5) is 19.2. The van der Waals surface area contributed by atoms with Gasteiger partial charge in [0.05, 0.1) is 28.9 Å². The van der Waals surface area contributed by atoms with E-state index in [4.69, 9.17) is 38.7 Å². The summed E-state index contributed by atoms with van der Waals surface area (Å²) < 4.78 is 7.20. The van der Waals surface area contributed by atoms with Crippen molar-refractivity contribution in [1.29, 1.82) is 0 Å². The fraction of sp³-hybridized carbons (Fsp3) is 0.364. The zero-order valence-electron chi connectivity index (χ0n) is 16.8. The molecular formula is C22H24Cl2N4O2. The largest absolute Gasteiger partial charge is 0.466 e. The molecule has 1 saturated heterocycles. The van der Waals surface area contributed by atoms with Crippen LogP contribution in [0, 0.1) is 5.92 Å². The van der Waals surface area contributed by atoms with Crippen molar-refractivity contribution in [2.45, 2.75) is 26.3 Å². The number of nitrogens with zero attached hydrogens (tertiary/aromatic N) is 3. The number of nitrogens with two attached hydrogens (primary N) is 1. The van der Waals surface area contributed by atoms with Crippen LogP contribution in [-0.4, -0.2) is 40.0 Å². The zero-order chi connectivity index (χ0) is 21.3. The molecule has 0 spiro atoms. The molecule has 0 atom stereocenters. The van der Waals surface area contributed by atoms with Crippen molar-refractivity contribution in [1.82, 2.24) is 14.3 Å². The Morgan fingerprint density at radius 3 is 2.70 bits per heavy atom. The number of carbonyl (C=O) groups excluding carboxylic acids is 1. The number of likely N-dealkylation sites (tertiary alicyclic amines) is 1. The number of anilines is 1. The highest BCUT2D eigenvalue weighted by atomic mass is 35.5. The molecule has 0 amide bonds. The maximum absolute atomic E-state index is 12.0. The molecule has 0 unspecified atom stereocenters. The molecule has 1 aliphatic heterocycles. The number of carbonyl (C=O) groups is 1. The summed E-state index contributed by atoms with van der Waals surface area (Å²) in [5, 5.41) is 1.14. The van der Waals surface area contributed by atoms with Crippen molar-refractivity contribution >= 4 is 40.5 Å². The second-order valence-electron chi connectivity index (χ2n) is 7.52. The third-order valence-corrected chi connectivity index (χ3v) is 6.06. The number of benzene rings is 1. The van der Waals surface area contributed by atoms with Crippen LogP contribution in [0.4, 0.5) is 5.69 Å². The average Bonchev–Trinajstić information content (AvgIpc) is 3.06. The number of hydrogen-bond donors (Lipinski definition) is 1. The van der Waals surface area contributed by atoms with Crippen LogP contribution in [0.3, 0.4) is 0 Å². The molecule has 2 N–H and O–H groups in total. The molecule has 158 valence electrons. The van der Waals surface area contributed by atoms with Crippen molar-refractivity contribution in [3.8, 4) is 11.3 Å². The predicted octanol–water partition coefficient (Wildman–Crippen LogP) is 4.67. The molecule has 3 aromatic rings. The lowest BCUT2D eigenvalue weighted by Gasteiger charge is -2.30. The van der Waals surface area contributed by atoms with Gasteiger partial charge in [0, 0.05) is 29.0 Å². The van der Waals surface area contributed by atoms with Gasteiger partial charge in [-0.2, -0.15) is 0 Å². The number of fused-ring (bicyclic) bond motifs is 1. The fourth-order valence-corrected chi connectivity index (χ4v) is 4.45. The second-order valence-corrected chi connectivity index (χ2v) is 8.37. The summed E-state index contributed by atoms with van der Waals surface area (Å²) in [6.07, 6.45) is 3.46. The second kappa shape index (κ2) is 8.84. The molecule has 1 aliphatic rings. The summed E-state index contributed by atoms with van der Waals surface area (Å²) in [6, 6.07) is 9.18. The Hall–Kier alpha value is -2.28. The van der Waals surface area contributed by atoms with Crippen LogP contribution < -0.4 is 5.73 Å². The van der Waals surface area contributed by atoms with E-state index in [9.17, 15) is 4.79 Å². The lowest BCUT2D eigenvalue weighted by Crippen LogP contribution is -2.36. The minimum atomic E-state index is -0.0895. The molecule has 0 bridgehead atoms. The number of nitrogen functional groups attached to an aromatic ring is 1. The standard InChI is InChI=1S/C22H24Cl2N4O2/c1-2-30-22(29)14-7-9-27(10-8-14)13-19-21(17-5-3-15(23)11-18(17)24)26-20-6-4-16(25)12-28(19)20/h3-6,11-12,14H,2,7-10,13,25H2,1H3. The number of piperidine rings is 1. The average molecular weight is 447 g/mol. The molecule has 1 fully saturated rings. The predicted molar refractivity (Wildman–Crippen MR) is 120 cm³/mol. The van der Waals surface area contributed by atoms with Crippen molar-refractivity contribution in [2.75, 3.05) is 25.4 Å². The van der Waals surface area contributed by atoms with Crippen LogP contribution in [-0.2, 0) is 16.1 Å². The molecule has 3 heterocycles. The third-order valence-electron chi connectivity index (χ3n) is 5.51. The monoisotopic (exact) mass is 446 g/mol. The molecular weight excluding hydrogens is 423 g/mol. The van der Waals surface area contributed by atoms with E-state index in [0.717, 1.165) is 48.5 Å². The Bertz CT molecular complexity index is 1070. The van der Waals surface area contributed by atoms with E-state index in [-0.39, 0.29) is 11.9 Å². The number of ether oxygens (including phenoxy) is 1. The van der Waals surface area contributed by atoms with E-state index in [1.807, 2.05) is 41.8 Å². The van der Waals surface area contributed by atoms with Crippen LogP contribution in [0.25, 0.3) is 16.9 Å². The van der Waals surface area contributed by atoms with Gasteiger partial charge in [0.1, 0.15) is 5.65 Å². The minimum absolute atomic E-state index is 0.0239. The summed E-state index contributed by atoms with van der Waals surface area (Å²) in [7, 11) is 0. The van der Waals surface area contributed by atoms with Gasteiger partial charge in [-0.15, -0.1) is 0 Å². The van der Waals surface area contributed by atoms with E-state index < -0.39 is 0 Å². The Morgan fingerprint density at radius 1 is 1.23 bits per heavy atom. The van der Waals surface area contributed by atoms with E-state index in [1.54, 1.807) is 6.07 Å². The number of imidazole rings is 1. The fourth-order valence-electron chi connectivity index (χ4n) is 3.96. The van der Waals surface area contributed by atoms with Gasteiger partial charge < -0.3 is 14.9 Å². The Labute approximate surface area is 185 Å². The smallest absolute Gasteiger partial charge is 0.309 e. The maximum Gasteiger partial charge on any atom is 0.309 e. The SMILES string of the molecule is CCOC(=O)C1CCN(Cc2c(-c3ccc(Cl)cc3Cl)nc3ccc(N)cn23)CC1. The Kier molecular flexibility index (Phi) is 6.18. The number of aromatic nitrogens is 2. The van der Waals surface area contributed by atoms with E-state index in [2.05, 4.69) is 4.90 Å². The van der Waals surface area contributed by atoms with E-state index >= 15 is 0 Å². The summed E-state index contributed by atoms with van der Waals surface area (Å²) in [6.45, 7) is 4.56. The minimum Gasteiger partial charge on any atom is -0.466 e. The number of pyridine rings is 1. The lowest BCUT2D eigenvalue weighted by atomic mass is 9.96. The van der Waals surface area contributed by atoms with Gasteiger partial charge in [-0.05, 0) is 63.2 Å². The first-order valence-corrected chi connectivity index (χ1v) is 10.8. The highest BCUT2D eigenvalue weighted by Crippen LogP contribution is 2.34. The molecule has 6 nitrogen and oxygen atoms in total. The number of esters is 1. The number of rotatable bonds is 5. The molecule has 8 heteroatoms. The van der Waals surface area contributed by atoms with Crippen molar-refractivity contribution in [3.63, 3.8) is 0 Å². The first kappa shape index (κ1) is 21.0. The normalized spacial score (nSPS) is 15.6. The molecule has 0 radical (unpaired) electrons. The molecule has 2 aromatic heterocycles. The quantitative estimate of drug-likeness (QED) is 0.576. The first-order valence-electron chi connectivity index (χ1n) is 10.1. The molecule has 30 heavy (non-hydrogen) atoms. The molecule has 4 rings (SSSR count). The Balaban J connectivity index is 1.65. The van der Waals surface area contributed by atoms with Crippen LogP contribution >= 0.6 is 23.2 Å². The Morgan fingerprint density at radius 2 is 2.00 bits per heavy atom. The molecule has 1 aromatic carbocycles. The van der Waals surface area contributed by atoms with Crippen molar-refractivity contribution < 1.29 is 9.53 Å². The van der Waals surface area contributed by atoms with Crippen molar-refractivity contribution in [2.24, 2.45) is 5.92 Å². The summed E-state index contributed by atoms with van der Waals surface area (Å²) >= 11 is 12.6. The highest BCUT2D eigenvalue weighted by molar-refractivity contribution is 6.36. The first-order chi connectivity index (χ1) is 14.5. The maximum atomic E-state index is 12.0. The topological polar surface area (TPSA) is 72.9 Å². The van der Waals surface area contributed by atoms with Gasteiger partial charge in [-0.25, -0.2) is 4.98 Å². The third kappa shape index (κ3) is 4.26. The van der Waals surface area contributed by atoms with Crippen molar-refractivity contribution in [3.05, 3.63) is 52.3 Å². The van der Waals surface area contributed by atoms with E-state index in [1.165, 1.54) is 0 Å². The summed E-state index contributed by atoms with van der Waals surface area (Å²) in [5.74, 6) is -0.113. The number of halogens is 2. The highest BCUT2D eigenvalue weighted by Gasteiger charge is 2.27. The molecule has 0 saturated carbocycles. The van der Waals surface area contributed by atoms with Crippen LogP contribution in [0.5, 0.6) is 0 Å². The molecule has 0 aliphatic carbocycles. The van der Waals surface area contributed by atoms with E-state index in [0.29, 0.717) is 28.9 Å². The van der Waals surface area contributed by atoms with Gasteiger partial charge in [0.2, 0.25) is 0 Å². The van der Waals surface area contributed by atoms with Gasteiger partial charge in [-0.1, -0.05) is 23.2 Å². The number of hydrogen-bond acceptors (Lipinski definition) is 5. The summed E-state index contributed by atoms with van der Waals surface area (Å²) in [5.41, 5.74) is 10.2.